The van der Waals surface area contributed by atoms with Crippen LogP contribution < -0.4 is 5.73 Å². The van der Waals surface area contributed by atoms with Gasteiger partial charge in [0.15, 0.2) is 0 Å². The van der Waals surface area contributed by atoms with E-state index in [-0.39, 0.29) is 34.5 Å². The molecule has 0 aliphatic carbocycles. The minimum Gasteiger partial charge on any atom is -0.330 e. The van der Waals surface area contributed by atoms with Gasteiger partial charge in [0.05, 0.1) is 9.82 Å². The van der Waals surface area contributed by atoms with E-state index in [0.717, 1.165) is 19.3 Å². The molecule has 0 spiro atoms. The largest absolute Gasteiger partial charge is 0.330 e. The quantitative estimate of drug-likeness (QED) is 0.636. The molecule has 2 N–H and O–H groups in total. The van der Waals surface area contributed by atoms with Crippen LogP contribution in [0, 0.1) is 23.0 Å². The lowest BCUT2D eigenvalue weighted by Crippen LogP contribution is -2.40. The van der Waals surface area contributed by atoms with Crippen LogP contribution in [0.25, 0.3) is 0 Å². The molecule has 0 saturated carbocycles. The molecule has 0 radical (unpaired) electrons. The van der Waals surface area contributed by atoms with E-state index in [9.17, 15) is 18.5 Å². The molecular weight excluding hydrogens is 342 g/mol. The maximum atomic E-state index is 12.8. The number of rotatable bonds is 5. The number of hydrogen-bond donors (Lipinski definition) is 1. The van der Waals surface area contributed by atoms with Gasteiger partial charge < -0.3 is 5.73 Å². The summed E-state index contributed by atoms with van der Waals surface area (Å²) in [6.45, 7) is 2.90. The summed E-state index contributed by atoms with van der Waals surface area (Å²) >= 11 is 0. The van der Waals surface area contributed by atoms with Crippen molar-refractivity contribution in [3.63, 3.8) is 0 Å². The summed E-state index contributed by atoms with van der Waals surface area (Å²) in [5.74, 6) is 0.257. The average molecular weight is 364 g/mol. The van der Waals surface area contributed by atoms with Crippen molar-refractivity contribution in [1.82, 2.24) is 4.31 Å². The summed E-state index contributed by atoms with van der Waals surface area (Å²) < 4.78 is 27.0. The smallest absolute Gasteiger partial charge is 0.273 e. The highest BCUT2D eigenvalue weighted by Crippen LogP contribution is 2.30. The van der Waals surface area contributed by atoms with E-state index >= 15 is 0 Å². The predicted molar refractivity (Wildman–Crippen MR) is 90.2 cm³/mol. The van der Waals surface area contributed by atoms with Gasteiger partial charge in [0.1, 0.15) is 0 Å². The molecule has 1 aromatic rings. The summed E-state index contributed by atoms with van der Waals surface area (Å²) in [5.41, 5.74) is 5.58. The van der Waals surface area contributed by atoms with Gasteiger partial charge in [-0.05, 0) is 44.7 Å². The number of nitro groups is 1. The molecule has 1 saturated heterocycles. The van der Waals surface area contributed by atoms with Crippen LogP contribution in [0.3, 0.4) is 0 Å². The minimum atomic E-state index is -3.71. The Morgan fingerprint density at radius 1 is 1.43 bits per heavy atom. The standard InChI is InChI=1S/C14H21N3O4S.ClH/c1-11-13(17(18)19)5-2-6-14(11)22(20,21)16-9-3-4-12(10-16)7-8-15;/h2,5-6,12H,3-4,7-10,15H2,1H3;1H. The van der Waals surface area contributed by atoms with E-state index < -0.39 is 14.9 Å². The summed E-state index contributed by atoms with van der Waals surface area (Å²) in [4.78, 5) is 10.5. The molecule has 2 rings (SSSR count). The van der Waals surface area contributed by atoms with Crippen LogP contribution in [-0.2, 0) is 10.0 Å². The molecule has 1 heterocycles. The van der Waals surface area contributed by atoms with Gasteiger partial charge >= 0.3 is 0 Å². The summed E-state index contributed by atoms with van der Waals surface area (Å²) in [6.07, 6.45) is 2.55. The van der Waals surface area contributed by atoms with Gasteiger partial charge in [-0.15, -0.1) is 12.4 Å². The molecule has 7 nitrogen and oxygen atoms in total. The highest BCUT2D eigenvalue weighted by Gasteiger charge is 2.32. The van der Waals surface area contributed by atoms with Gasteiger partial charge in [-0.2, -0.15) is 4.31 Å². The molecule has 23 heavy (non-hydrogen) atoms. The Bertz CT molecular complexity index is 664. The van der Waals surface area contributed by atoms with E-state index in [1.807, 2.05) is 0 Å². The van der Waals surface area contributed by atoms with Crippen molar-refractivity contribution in [3.8, 4) is 0 Å². The lowest BCUT2D eigenvalue weighted by atomic mass is 9.96. The molecule has 1 atom stereocenters. The van der Waals surface area contributed by atoms with E-state index in [2.05, 4.69) is 0 Å². The third-order valence-corrected chi connectivity index (χ3v) is 6.14. The van der Waals surface area contributed by atoms with Crippen LogP contribution >= 0.6 is 12.4 Å². The minimum absolute atomic E-state index is 0. The van der Waals surface area contributed by atoms with Crippen molar-refractivity contribution in [1.29, 1.82) is 0 Å². The second-order valence-corrected chi connectivity index (χ2v) is 7.51. The van der Waals surface area contributed by atoms with Crippen LogP contribution in [-0.4, -0.2) is 37.3 Å². The molecule has 0 aromatic heterocycles. The number of sulfonamides is 1. The van der Waals surface area contributed by atoms with Crippen molar-refractivity contribution in [2.75, 3.05) is 19.6 Å². The highest BCUT2D eigenvalue weighted by atomic mass is 35.5. The fourth-order valence-electron chi connectivity index (χ4n) is 2.94. The zero-order valence-electron chi connectivity index (χ0n) is 13.0. The zero-order valence-corrected chi connectivity index (χ0v) is 14.6. The lowest BCUT2D eigenvalue weighted by Gasteiger charge is -2.32. The SMILES string of the molecule is Cc1c([N+](=O)[O-])cccc1S(=O)(=O)N1CCCC(CCN)C1.Cl. The van der Waals surface area contributed by atoms with Gasteiger partial charge in [-0.25, -0.2) is 8.42 Å². The first-order chi connectivity index (χ1) is 10.4. The van der Waals surface area contributed by atoms with Gasteiger partial charge in [0, 0.05) is 24.7 Å². The van der Waals surface area contributed by atoms with E-state index in [1.54, 1.807) is 0 Å². The van der Waals surface area contributed by atoms with Crippen molar-refractivity contribution < 1.29 is 13.3 Å². The van der Waals surface area contributed by atoms with Crippen LogP contribution in [0.15, 0.2) is 23.1 Å². The molecule has 130 valence electrons. The van der Waals surface area contributed by atoms with Gasteiger partial charge in [-0.3, -0.25) is 10.1 Å². The molecule has 1 fully saturated rings. The number of benzene rings is 1. The van der Waals surface area contributed by atoms with E-state index in [0.29, 0.717) is 19.6 Å². The summed E-state index contributed by atoms with van der Waals surface area (Å²) in [6, 6.07) is 4.17. The average Bonchev–Trinajstić information content (AvgIpc) is 2.47. The fourth-order valence-corrected chi connectivity index (χ4v) is 4.73. The van der Waals surface area contributed by atoms with Crippen LogP contribution in [0.1, 0.15) is 24.8 Å². The van der Waals surface area contributed by atoms with Gasteiger partial charge in [0.2, 0.25) is 10.0 Å². The first kappa shape index (κ1) is 19.8. The first-order valence-corrected chi connectivity index (χ1v) is 8.76. The van der Waals surface area contributed by atoms with Crippen LogP contribution in [0.5, 0.6) is 0 Å². The molecular formula is C14H22ClN3O4S. The number of hydrogen-bond acceptors (Lipinski definition) is 5. The molecule has 0 bridgehead atoms. The molecule has 1 unspecified atom stereocenters. The molecule has 9 heteroatoms. The Kier molecular flexibility index (Phi) is 6.94. The Morgan fingerprint density at radius 2 is 2.13 bits per heavy atom. The van der Waals surface area contributed by atoms with Gasteiger partial charge in [-0.1, -0.05) is 6.07 Å². The normalized spacial score (nSPS) is 19.1. The van der Waals surface area contributed by atoms with Crippen molar-refractivity contribution in [2.45, 2.75) is 31.1 Å². The third kappa shape index (κ3) is 4.20. The number of nitrogens with zero attached hydrogens (tertiary/aromatic N) is 2. The van der Waals surface area contributed by atoms with Gasteiger partial charge in [0.25, 0.3) is 5.69 Å². The summed E-state index contributed by atoms with van der Waals surface area (Å²) in [5, 5.41) is 11.0. The van der Waals surface area contributed by atoms with Crippen LogP contribution in [0.4, 0.5) is 5.69 Å². The molecule has 1 aliphatic heterocycles. The lowest BCUT2D eigenvalue weighted by molar-refractivity contribution is -0.385. The Morgan fingerprint density at radius 3 is 2.74 bits per heavy atom. The Labute approximate surface area is 142 Å². The van der Waals surface area contributed by atoms with Crippen LogP contribution in [0.2, 0.25) is 0 Å². The van der Waals surface area contributed by atoms with Crippen molar-refractivity contribution in [3.05, 3.63) is 33.9 Å². The number of nitrogens with two attached hydrogens (primary N) is 1. The Hall–Kier alpha value is -1.22. The maximum absolute atomic E-state index is 12.8. The predicted octanol–water partition coefficient (Wildman–Crippen LogP) is 2.07. The highest BCUT2D eigenvalue weighted by molar-refractivity contribution is 7.89. The monoisotopic (exact) mass is 363 g/mol. The molecule has 0 amide bonds. The second kappa shape index (κ2) is 8.05. The van der Waals surface area contributed by atoms with E-state index in [1.165, 1.54) is 29.4 Å². The van der Waals surface area contributed by atoms with Crippen molar-refractivity contribution >= 4 is 28.1 Å². The maximum Gasteiger partial charge on any atom is 0.273 e. The second-order valence-electron chi connectivity index (χ2n) is 5.61. The Balaban J connectivity index is 0.00000264. The number of halogens is 1. The topological polar surface area (TPSA) is 107 Å². The molecule has 1 aromatic carbocycles. The zero-order chi connectivity index (χ0) is 16.3. The summed E-state index contributed by atoms with van der Waals surface area (Å²) in [7, 11) is -3.71. The number of nitro benzene ring substituents is 1. The number of piperidine rings is 1. The first-order valence-electron chi connectivity index (χ1n) is 7.32. The van der Waals surface area contributed by atoms with Crippen molar-refractivity contribution in [2.24, 2.45) is 11.7 Å². The molecule has 1 aliphatic rings. The third-order valence-electron chi connectivity index (χ3n) is 4.13. The fraction of sp³-hybridized carbons (Fsp3) is 0.571. The van der Waals surface area contributed by atoms with E-state index in [4.69, 9.17) is 5.73 Å².